The minimum Gasteiger partial charge on any atom is -0.396 e. The highest BCUT2D eigenvalue weighted by molar-refractivity contribution is 4.93. The third-order valence-corrected chi connectivity index (χ3v) is 4.59. The third kappa shape index (κ3) is 3.65. The van der Waals surface area contributed by atoms with Crippen LogP contribution in [0.2, 0.25) is 0 Å². The van der Waals surface area contributed by atoms with E-state index in [4.69, 9.17) is 14.0 Å². The van der Waals surface area contributed by atoms with Crippen molar-refractivity contribution in [3.05, 3.63) is 11.7 Å². The first kappa shape index (κ1) is 15.9. The maximum Gasteiger partial charge on any atom is 0.255 e. The Hall–Kier alpha value is -1.02. The molecule has 0 bridgehead atoms. The summed E-state index contributed by atoms with van der Waals surface area (Å²) in [6.07, 6.45) is 3.74. The first-order valence-electron chi connectivity index (χ1n) is 8.02. The fourth-order valence-electron chi connectivity index (χ4n) is 3.28. The van der Waals surface area contributed by atoms with Crippen LogP contribution in [0, 0.1) is 5.41 Å². The van der Waals surface area contributed by atoms with Crippen LogP contribution in [0.1, 0.15) is 43.5 Å². The van der Waals surface area contributed by atoms with Crippen molar-refractivity contribution >= 4 is 0 Å². The predicted octanol–water partition coefficient (Wildman–Crippen LogP) is 1.14. The lowest BCUT2D eigenvalue weighted by molar-refractivity contribution is -0.0321. The average Bonchev–Trinajstić information content (AvgIpc) is 3.19. The molecule has 2 aliphatic rings. The molecule has 1 N–H and O–H groups in total. The van der Waals surface area contributed by atoms with Gasteiger partial charge in [-0.05, 0) is 32.7 Å². The smallest absolute Gasteiger partial charge is 0.255 e. The Labute approximate surface area is 130 Å². The molecule has 7 nitrogen and oxygen atoms in total. The van der Waals surface area contributed by atoms with Gasteiger partial charge in [0.25, 0.3) is 5.89 Å². The summed E-state index contributed by atoms with van der Waals surface area (Å²) in [6, 6.07) is 0. The number of aliphatic hydroxyl groups excluding tert-OH is 1. The Balaban J connectivity index is 1.55. The number of nitrogens with zero attached hydrogens (tertiary/aromatic N) is 3. The van der Waals surface area contributed by atoms with Gasteiger partial charge in [-0.3, -0.25) is 4.90 Å². The van der Waals surface area contributed by atoms with Crippen molar-refractivity contribution in [2.45, 2.75) is 38.3 Å². The zero-order valence-corrected chi connectivity index (χ0v) is 13.2. The van der Waals surface area contributed by atoms with Gasteiger partial charge in [0.05, 0.1) is 13.2 Å². The van der Waals surface area contributed by atoms with E-state index < -0.39 is 0 Å². The molecule has 0 aromatic carbocycles. The molecule has 124 valence electrons. The molecule has 0 saturated carbocycles. The Morgan fingerprint density at radius 1 is 1.32 bits per heavy atom. The first-order valence-corrected chi connectivity index (χ1v) is 8.02. The van der Waals surface area contributed by atoms with E-state index in [1.165, 1.54) is 0 Å². The SMILES string of the molecule is CN(Cc1noc([C@H]2CCCO2)n1)CC1(CO)CCOCC1. The largest absolute Gasteiger partial charge is 0.396 e. The van der Waals surface area contributed by atoms with Gasteiger partial charge in [-0.25, -0.2) is 0 Å². The summed E-state index contributed by atoms with van der Waals surface area (Å²) < 4.78 is 16.3. The Bertz CT molecular complexity index is 467. The average molecular weight is 311 g/mol. The van der Waals surface area contributed by atoms with Crippen molar-refractivity contribution < 1.29 is 19.1 Å². The van der Waals surface area contributed by atoms with Gasteiger partial charge < -0.3 is 19.1 Å². The van der Waals surface area contributed by atoms with Crippen molar-refractivity contribution in [2.75, 3.05) is 40.0 Å². The summed E-state index contributed by atoms with van der Waals surface area (Å²) >= 11 is 0. The zero-order chi connectivity index (χ0) is 15.4. The molecule has 0 amide bonds. The van der Waals surface area contributed by atoms with Crippen molar-refractivity contribution in [1.29, 1.82) is 0 Å². The lowest BCUT2D eigenvalue weighted by Gasteiger charge is -2.38. The summed E-state index contributed by atoms with van der Waals surface area (Å²) in [5.74, 6) is 1.26. The van der Waals surface area contributed by atoms with Crippen molar-refractivity contribution in [3.63, 3.8) is 0 Å². The van der Waals surface area contributed by atoms with Gasteiger partial charge in [0.2, 0.25) is 0 Å². The molecule has 0 spiro atoms. The van der Waals surface area contributed by atoms with Crippen LogP contribution in [0.3, 0.4) is 0 Å². The number of aliphatic hydroxyl groups is 1. The van der Waals surface area contributed by atoms with Crippen LogP contribution in [0.15, 0.2) is 4.52 Å². The summed E-state index contributed by atoms with van der Waals surface area (Å²) in [5, 5.41) is 13.8. The van der Waals surface area contributed by atoms with Crippen LogP contribution in [0.5, 0.6) is 0 Å². The number of hydrogen-bond acceptors (Lipinski definition) is 7. The van der Waals surface area contributed by atoms with Gasteiger partial charge >= 0.3 is 0 Å². The number of rotatable bonds is 6. The van der Waals surface area contributed by atoms with Gasteiger partial charge in [-0.2, -0.15) is 4.98 Å². The maximum atomic E-state index is 9.76. The molecule has 2 saturated heterocycles. The van der Waals surface area contributed by atoms with Crippen LogP contribution < -0.4 is 0 Å². The van der Waals surface area contributed by atoms with E-state index >= 15 is 0 Å². The molecular formula is C15H25N3O4. The standard InChI is InChI=1S/C15H25N3O4/c1-18(10-15(11-19)4-7-20-8-5-15)9-13-16-14(22-17-13)12-3-2-6-21-12/h12,19H,2-11H2,1H3/t12-/m1/s1. The van der Waals surface area contributed by atoms with E-state index in [1.807, 2.05) is 7.05 Å². The lowest BCUT2D eigenvalue weighted by Crippen LogP contribution is -2.42. The van der Waals surface area contributed by atoms with E-state index in [0.29, 0.717) is 18.3 Å². The highest BCUT2D eigenvalue weighted by atomic mass is 16.5. The highest BCUT2D eigenvalue weighted by Crippen LogP contribution is 2.31. The topological polar surface area (TPSA) is 80.9 Å². The highest BCUT2D eigenvalue weighted by Gasteiger charge is 2.33. The van der Waals surface area contributed by atoms with E-state index in [-0.39, 0.29) is 18.1 Å². The minimum atomic E-state index is -0.0753. The van der Waals surface area contributed by atoms with E-state index in [9.17, 15) is 5.11 Å². The van der Waals surface area contributed by atoms with Gasteiger partial charge in [0.15, 0.2) is 5.82 Å². The van der Waals surface area contributed by atoms with Crippen molar-refractivity contribution in [3.8, 4) is 0 Å². The molecule has 3 rings (SSSR count). The molecule has 2 aliphatic heterocycles. The van der Waals surface area contributed by atoms with Crippen LogP contribution >= 0.6 is 0 Å². The van der Waals surface area contributed by atoms with E-state index in [0.717, 1.165) is 52.0 Å². The van der Waals surface area contributed by atoms with Gasteiger partial charge in [0.1, 0.15) is 6.10 Å². The summed E-state index contributed by atoms with van der Waals surface area (Å²) in [5.41, 5.74) is -0.0753. The number of hydrogen-bond donors (Lipinski definition) is 1. The van der Waals surface area contributed by atoms with Gasteiger partial charge in [-0.1, -0.05) is 5.16 Å². The molecule has 1 atom stereocenters. The molecule has 2 fully saturated rings. The summed E-state index contributed by atoms with van der Waals surface area (Å²) in [7, 11) is 2.02. The molecule has 3 heterocycles. The van der Waals surface area contributed by atoms with Crippen molar-refractivity contribution in [1.82, 2.24) is 15.0 Å². The second-order valence-corrected chi connectivity index (χ2v) is 6.49. The van der Waals surface area contributed by atoms with E-state index in [1.54, 1.807) is 0 Å². The molecule has 0 aliphatic carbocycles. The van der Waals surface area contributed by atoms with Gasteiger partial charge in [-0.15, -0.1) is 0 Å². The molecular weight excluding hydrogens is 286 g/mol. The molecule has 1 aromatic rings. The summed E-state index contributed by atoms with van der Waals surface area (Å²) in [6.45, 7) is 3.81. The molecule has 7 heteroatoms. The Morgan fingerprint density at radius 3 is 2.82 bits per heavy atom. The monoisotopic (exact) mass is 311 g/mol. The lowest BCUT2D eigenvalue weighted by atomic mass is 9.80. The van der Waals surface area contributed by atoms with Gasteiger partial charge in [0, 0.05) is 31.8 Å². The Kier molecular flexibility index (Phi) is 5.07. The second kappa shape index (κ2) is 7.04. The van der Waals surface area contributed by atoms with Crippen molar-refractivity contribution in [2.24, 2.45) is 5.41 Å². The predicted molar refractivity (Wildman–Crippen MR) is 78.1 cm³/mol. The first-order chi connectivity index (χ1) is 10.7. The quantitative estimate of drug-likeness (QED) is 0.843. The summed E-state index contributed by atoms with van der Waals surface area (Å²) in [4.78, 5) is 6.59. The second-order valence-electron chi connectivity index (χ2n) is 6.49. The number of aromatic nitrogens is 2. The van der Waals surface area contributed by atoms with E-state index in [2.05, 4.69) is 15.0 Å². The van der Waals surface area contributed by atoms with Crippen LogP contribution in [-0.4, -0.2) is 60.2 Å². The molecule has 22 heavy (non-hydrogen) atoms. The number of ether oxygens (including phenoxy) is 2. The van der Waals surface area contributed by atoms with Crippen LogP contribution in [0.4, 0.5) is 0 Å². The normalized spacial score (nSPS) is 25.0. The fourth-order valence-corrected chi connectivity index (χ4v) is 3.28. The minimum absolute atomic E-state index is 0.0363. The molecule has 1 aromatic heterocycles. The maximum absolute atomic E-state index is 9.76. The van der Waals surface area contributed by atoms with Crippen LogP contribution in [0.25, 0.3) is 0 Å². The fraction of sp³-hybridized carbons (Fsp3) is 0.867. The molecule has 0 unspecified atom stereocenters. The molecule has 0 radical (unpaired) electrons. The third-order valence-electron chi connectivity index (χ3n) is 4.59. The van der Waals surface area contributed by atoms with Crippen LogP contribution in [-0.2, 0) is 16.0 Å². The zero-order valence-electron chi connectivity index (χ0n) is 13.2. The Morgan fingerprint density at radius 2 is 2.14 bits per heavy atom.